The Bertz CT molecular complexity index is 652. The van der Waals surface area contributed by atoms with Crippen molar-refractivity contribution in [1.82, 2.24) is 9.80 Å². The summed E-state index contributed by atoms with van der Waals surface area (Å²) in [5, 5.41) is 0. The molecule has 2 saturated heterocycles. The number of Topliss-reactive ketones (excluding diaryl/α,β-unsaturated/α-hetero) is 1. The maximum atomic E-state index is 12.9. The molecule has 6 rings (SSSR count). The summed E-state index contributed by atoms with van der Waals surface area (Å²) >= 11 is 0. The number of carbonyl (C=O) groups is 1. The van der Waals surface area contributed by atoms with Crippen molar-refractivity contribution in [3.63, 3.8) is 0 Å². The van der Waals surface area contributed by atoms with Crippen LogP contribution in [-0.4, -0.2) is 52.8 Å². The lowest BCUT2D eigenvalue weighted by molar-refractivity contribution is -0.134. The van der Waals surface area contributed by atoms with Gasteiger partial charge in [-0.1, -0.05) is 51.4 Å². The zero-order valence-electron chi connectivity index (χ0n) is 21.3. The Kier molecular flexibility index (Phi) is 7.18. The predicted molar refractivity (Wildman–Crippen MR) is 135 cm³/mol. The van der Waals surface area contributed by atoms with E-state index in [2.05, 4.69) is 9.80 Å². The monoisotopic (exact) mass is 454 g/mol. The molecule has 0 radical (unpaired) electrons. The maximum Gasteiger partial charge on any atom is 0.141 e. The van der Waals surface area contributed by atoms with Gasteiger partial charge in [0.15, 0.2) is 0 Å². The van der Waals surface area contributed by atoms with Crippen LogP contribution in [0.5, 0.6) is 0 Å². The smallest absolute Gasteiger partial charge is 0.141 e. The quantitative estimate of drug-likeness (QED) is 0.468. The zero-order valence-corrected chi connectivity index (χ0v) is 21.3. The molecule has 3 heteroatoms. The van der Waals surface area contributed by atoms with Gasteiger partial charge < -0.3 is 0 Å². The zero-order chi connectivity index (χ0) is 22.2. The highest BCUT2D eigenvalue weighted by atomic mass is 16.1. The molecule has 0 aromatic heterocycles. The van der Waals surface area contributed by atoms with Crippen LogP contribution in [-0.2, 0) is 4.79 Å². The van der Waals surface area contributed by atoms with Gasteiger partial charge in [-0.2, -0.15) is 0 Å². The van der Waals surface area contributed by atoms with Crippen molar-refractivity contribution in [2.75, 3.05) is 13.1 Å². The van der Waals surface area contributed by atoms with E-state index < -0.39 is 0 Å². The second kappa shape index (κ2) is 10.3. The van der Waals surface area contributed by atoms with E-state index in [1.165, 1.54) is 122 Å². The molecule has 2 aliphatic heterocycles. The molecular formula is C30H50N2O. The van der Waals surface area contributed by atoms with Gasteiger partial charge in [0.05, 0.1) is 0 Å². The highest BCUT2D eigenvalue weighted by molar-refractivity contribution is 5.84. The van der Waals surface area contributed by atoms with Crippen molar-refractivity contribution >= 4 is 5.78 Å². The van der Waals surface area contributed by atoms with Crippen molar-refractivity contribution in [3.8, 4) is 0 Å². The van der Waals surface area contributed by atoms with Crippen LogP contribution in [0.1, 0.15) is 122 Å². The van der Waals surface area contributed by atoms with Crippen LogP contribution < -0.4 is 0 Å². The van der Waals surface area contributed by atoms with E-state index in [1.807, 2.05) is 0 Å². The summed E-state index contributed by atoms with van der Waals surface area (Å²) in [6.45, 7) is 2.18. The third kappa shape index (κ3) is 4.72. The summed E-state index contributed by atoms with van der Waals surface area (Å²) < 4.78 is 0. The first-order chi connectivity index (χ1) is 16.3. The topological polar surface area (TPSA) is 23.6 Å². The molecule has 4 aliphatic carbocycles. The van der Waals surface area contributed by atoms with E-state index in [9.17, 15) is 4.79 Å². The molecule has 3 atom stereocenters. The second-order valence-corrected chi connectivity index (χ2v) is 13.1. The molecule has 3 unspecified atom stereocenters. The standard InChI is InChI=1S/C30H50N2O/c33-30(23-9-3-1-4-10-23)25-20-31(21-25)26-17-15-22(16-18-26)29-19-24-11-7-8-14-28(24)32(29)27-12-5-2-6-13-27/h22-29H,1-21H2. The number of fused-ring (bicyclic) bond motifs is 1. The SMILES string of the molecule is O=C(C1CCCCC1)C1CN(C2CCC(C3CC4CCCCC4N3C3CCCCC3)CC2)C1. The van der Waals surface area contributed by atoms with Crippen LogP contribution in [0.25, 0.3) is 0 Å². The van der Waals surface area contributed by atoms with Gasteiger partial charge in [-0.3, -0.25) is 14.6 Å². The molecule has 6 fully saturated rings. The van der Waals surface area contributed by atoms with Gasteiger partial charge >= 0.3 is 0 Å². The van der Waals surface area contributed by atoms with Gasteiger partial charge in [0.25, 0.3) is 0 Å². The number of rotatable bonds is 5. The fraction of sp³-hybridized carbons (Fsp3) is 0.967. The van der Waals surface area contributed by atoms with Crippen LogP contribution in [0, 0.1) is 23.7 Å². The lowest BCUT2D eigenvalue weighted by Crippen LogP contribution is -2.57. The van der Waals surface area contributed by atoms with Gasteiger partial charge in [0.1, 0.15) is 5.78 Å². The number of ketones is 1. The Morgan fingerprint density at radius 1 is 0.515 bits per heavy atom. The molecule has 0 N–H and O–H groups in total. The minimum Gasteiger partial charge on any atom is -0.299 e. The van der Waals surface area contributed by atoms with Crippen molar-refractivity contribution in [2.45, 2.75) is 146 Å². The largest absolute Gasteiger partial charge is 0.299 e. The van der Waals surface area contributed by atoms with Gasteiger partial charge in [-0.15, -0.1) is 0 Å². The fourth-order valence-electron chi connectivity index (χ4n) is 9.45. The third-order valence-electron chi connectivity index (χ3n) is 11.3. The van der Waals surface area contributed by atoms with Crippen LogP contribution in [0.4, 0.5) is 0 Å². The van der Waals surface area contributed by atoms with Crippen LogP contribution in [0.15, 0.2) is 0 Å². The minimum atomic E-state index is 0.380. The molecule has 0 aromatic rings. The second-order valence-electron chi connectivity index (χ2n) is 13.1. The maximum absolute atomic E-state index is 12.9. The van der Waals surface area contributed by atoms with E-state index >= 15 is 0 Å². The summed E-state index contributed by atoms with van der Waals surface area (Å²) in [6.07, 6.45) is 26.9. The van der Waals surface area contributed by atoms with E-state index in [4.69, 9.17) is 0 Å². The van der Waals surface area contributed by atoms with E-state index in [0.717, 1.165) is 49.1 Å². The lowest BCUT2D eigenvalue weighted by Gasteiger charge is -2.49. The molecule has 0 spiro atoms. The summed E-state index contributed by atoms with van der Waals surface area (Å²) in [5.74, 6) is 3.40. The van der Waals surface area contributed by atoms with Gasteiger partial charge in [0.2, 0.25) is 0 Å². The molecule has 3 nitrogen and oxygen atoms in total. The van der Waals surface area contributed by atoms with Crippen molar-refractivity contribution in [1.29, 1.82) is 0 Å². The molecule has 6 aliphatic rings. The molecule has 186 valence electrons. The van der Waals surface area contributed by atoms with Crippen LogP contribution >= 0.6 is 0 Å². The Morgan fingerprint density at radius 3 is 1.88 bits per heavy atom. The number of nitrogens with zero attached hydrogens (tertiary/aromatic N) is 2. The van der Waals surface area contributed by atoms with Gasteiger partial charge in [0, 0.05) is 49.1 Å². The molecule has 0 aromatic carbocycles. The number of hydrogen-bond acceptors (Lipinski definition) is 3. The Morgan fingerprint density at radius 2 is 1.15 bits per heavy atom. The van der Waals surface area contributed by atoms with Crippen molar-refractivity contribution in [3.05, 3.63) is 0 Å². The van der Waals surface area contributed by atoms with Crippen LogP contribution in [0.3, 0.4) is 0 Å². The van der Waals surface area contributed by atoms with E-state index in [0.29, 0.717) is 17.6 Å². The number of hydrogen-bond donors (Lipinski definition) is 0. The Balaban J connectivity index is 1.02. The fourth-order valence-corrected chi connectivity index (χ4v) is 9.45. The first-order valence-electron chi connectivity index (χ1n) is 15.3. The highest BCUT2D eigenvalue weighted by Gasteiger charge is 2.48. The number of carbonyl (C=O) groups excluding carboxylic acids is 1. The summed E-state index contributed by atoms with van der Waals surface area (Å²) in [7, 11) is 0. The molecular weight excluding hydrogens is 404 g/mol. The predicted octanol–water partition coefficient (Wildman–Crippen LogP) is 6.59. The van der Waals surface area contributed by atoms with E-state index in [1.54, 1.807) is 0 Å². The Hall–Kier alpha value is -0.410. The third-order valence-corrected chi connectivity index (χ3v) is 11.3. The van der Waals surface area contributed by atoms with E-state index in [-0.39, 0.29) is 0 Å². The molecule has 0 amide bonds. The summed E-state index contributed by atoms with van der Waals surface area (Å²) in [4.78, 5) is 18.8. The van der Waals surface area contributed by atoms with Gasteiger partial charge in [-0.25, -0.2) is 0 Å². The molecule has 33 heavy (non-hydrogen) atoms. The number of likely N-dealkylation sites (tertiary alicyclic amines) is 2. The summed E-state index contributed by atoms with van der Waals surface area (Å²) in [6, 6.07) is 3.53. The van der Waals surface area contributed by atoms with Crippen LogP contribution in [0.2, 0.25) is 0 Å². The average Bonchev–Trinajstić information content (AvgIpc) is 3.24. The normalized spacial score (nSPS) is 40.4. The highest BCUT2D eigenvalue weighted by Crippen LogP contribution is 2.48. The minimum absolute atomic E-state index is 0.380. The van der Waals surface area contributed by atoms with Crippen molar-refractivity contribution < 1.29 is 4.79 Å². The molecule has 2 heterocycles. The van der Waals surface area contributed by atoms with Crippen molar-refractivity contribution in [2.24, 2.45) is 23.7 Å². The molecule has 0 bridgehead atoms. The average molecular weight is 455 g/mol. The Labute approximate surface area is 203 Å². The molecule has 4 saturated carbocycles. The first kappa shape index (κ1) is 23.0. The lowest BCUT2D eigenvalue weighted by atomic mass is 9.75. The van der Waals surface area contributed by atoms with Gasteiger partial charge in [-0.05, 0) is 82.5 Å². The first-order valence-corrected chi connectivity index (χ1v) is 15.3. The summed E-state index contributed by atoms with van der Waals surface area (Å²) in [5.41, 5.74) is 0.